The zero-order valence-corrected chi connectivity index (χ0v) is 12.8. The lowest BCUT2D eigenvalue weighted by Crippen LogP contribution is -2.44. The lowest BCUT2D eigenvalue weighted by molar-refractivity contribution is 0.0945. The van der Waals surface area contributed by atoms with Crippen LogP contribution in [-0.4, -0.2) is 52.3 Å². The largest absolute Gasteiger partial charge is 0.385 e. The van der Waals surface area contributed by atoms with Crippen LogP contribution in [0.25, 0.3) is 0 Å². The molecule has 0 bridgehead atoms. The molecular weight excluding hydrogens is 224 g/mol. The van der Waals surface area contributed by atoms with Crippen molar-refractivity contribution in [2.75, 3.05) is 47.4 Å². The van der Waals surface area contributed by atoms with Crippen molar-refractivity contribution in [3.05, 3.63) is 0 Å². The van der Waals surface area contributed by atoms with E-state index in [1.54, 1.807) is 7.11 Å². The number of hydrogen-bond donors (Lipinski definition) is 1. The summed E-state index contributed by atoms with van der Waals surface area (Å²) in [7, 11) is 6.13. The third-order valence-corrected chi connectivity index (χ3v) is 4.38. The second kappa shape index (κ2) is 8.13. The predicted octanol–water partition coefficient (Wildman–Crippen LogP) is 2.37. The first-order chi connectivity index (χ1) is 8.62. The predicted molar refractivity (Wildman–Crippen MR) is 78.0 cm³/mol. The highest BCUT2D eigenvalue weighted by atomic mass is 16.5. The summed E-state index contributed by atoms with van der Waals surface area (Å²) >= 11 is 0. The molecule has 3 heteroatoms. The minimum absolute atomic E-state index is 0.503. The number of rotatable bonds is 8. The second-order valence-electron chi connectivity index (χ2n) is 6.30. The van der Waals surface area contributed by atoms with E-state index >= 15 is 0 Å². The molecule has 0 aliphatic heterocycles. The molecule has 1 aliphatic carbocycles. The van der Waals surface area contributed by atoms with Crippen molar-refractivity contribution in [1.82, 2.24) is 10.2 Å². The van der Waals surface area contributed by atoms with E-state index in [-0.39, 0.29) is 0 Å². The van der Waals surface area contributed by atoms with Gasteiger partial charge in [0.2, 0.25) is 0 Å². The molecular formula is C15H32N2O. The Hall–Kier alpha value is -0.120. The lowest BCUT2D eigenvalue weighted by atomic mass is 9.70. The van der Waals surface area contributed by atoms with E-state index in [4.69, 9.17) is 4.74 Å². The van der Waals surface area contributed by atoms with Crippen molar-refractivity contribution in [2.45, 2.75) is 39.0 Å². The molecule has 3 nitrogen and oxygen atoms in total. The van der Waals surface area contributed by atoms with Gasteiger partial charge in [0, 0.05) is 33.4 Å². The standard InChI is InChI=1S/C15H32N2O/c1-14-6-8-15(9-7-14,12-16-2)13-17(3)10-5-11-18-4/h14,16H,5-13H2,1-4H3. The van der Waals surface area contributed by atoms with Gasteiger partial charge < -0.3 is 15.0 Å². The van der Waals surface area contributed by atoms with E-state index in [0.717, 1.165) is 32.0 Å². The Morgan fingerprint density at radius 2 is 2.00 bits per heavy atom. The zero-order valence-electron chi connectivity index (χ0n) is 12.8. The fraction of sp³-hybridized carbons (Fsp3) is 1.00. The SMILES string of the molecule is CNCC1(CN(C)CCCOC)CCC(C)CC1. The number of ether oxygens (including phenoxy) is 1. The van der Waals surface area contributed by atoms with Gasteiger partial charge in [0.15, 0.2) is 0 Å². The average Bonchev–Trinajstić information content (AvgIpc) is 2.34. The molecule has 1 rings (SSSR count). The first-order valence-corrected chi connectivity index (χ1v) is 7.44. The molecule has 108 valence electrons. The van der Waals surface area contributed by atoms with Crippen LogP contribution in [0.5, 0.6) is 0 Å². The Morgan fingerprint density at radius 3 is 2.56 bits per heavy atom. The van der Waals surface area contributed by atoms with Gasteiger partial charge in [-0.25, -0.2) is 0 Å². The topological polar surface area (TPSA) is 24.5 Å². The van der Waals surface area contributed by atoms with Crippen molar-refractivity contribution in [1.29, 1.82) is 0 Å². The van der Waals surface area contributed by atoms with Crippen LogP contribution in [0, 0.1) is 11.3 Å². The Kier molecular flexibility index (Phi) is 7.20. The summed E-state index contributed by atoms with van der Waals surface area (Å²) in [4.78, 5) is 2.49. The molecule has 0 spiro atoms. The van der Waals surface area contributed by atoms with Crippen LogP contribution in [0.2, 0.25) is 0 Å². The molecule has 0 saturated heterocycles. The van der Waals surface area contributed by atoms with Gasteiger partial charge in [0.25, 0.3) is 0 Å². The Bertz CT molecular complexity index is 213. The summed E-state index contributed by atoms with van der Waals surface area (Å²) in [5.74, 6) is 0.925. The maximum atomic E-state index is 5.13. The molecule has 1 saturated carbocycles. The minimum atomic E-state index is 0.503. The molecule has 0 amide bonds. The molecule has 1 aliphatic rings. The van der Waals surface area contributed by atoms with Gasteiger partial charge in [-0.2, -0.15) is 0 Å². The number of nitrogens with zero attached hydrogens (tertiary/aromatic N) is 1. The molecule has 1 N–H and O–H groups in total. The van der Waals surface area contributed by atoms with Crippen molar-refractivity contribution in [3.63, 3.8) is 0 Å². The molecule has 0 aromatic carbocycles. The summed E-state index contributed by atoms with van der Waals surface area (Å²) in [5, 5.41) is 3.41. The van der Waals surface area contributed by atoms with Crippen LogP contribution in [0.4, 0.5) is 0 Å². The molecule has 18 heavy (non-hydrogen) atoms. The summed E-state index contributed by atoms with van der Waals surface area (Å²) < 4.78 is 5.13. The van der Waals surface area contributed by atoms with Crippen LogP contribution in [0.15, 0.2) is 0 Å². The van der Waals surface area contributed by atoms with Gasteiger partial charge >= 0.3 is 0 Å². The third-order valence-electron chi connectivity index (χ3n) is 4.38. The molecule has 0 atom stereocenters. The highest BCUT2D eigenvalue weighted by Crippen LogP contribution is 2.38. The first-order valence-electron chi connectivity index (χ1n) is 7.44. The maximum absolute atomic E-state index is 5.13. The molecule has 0 aromatic heterocycles. The van der Waals surface area contributed by atoms with Crippen LogP contribution in [0.1, 0.15) is 39.0 Å². The zero-order chi connectivity index (χ0) is 13.4. The monoisotopic (exact) mass is 256 g/mol. The van der Waals surface area contributed by atoms with E-state index in [1.165, 1.54) is 32.2 Å². The Labute approximate surface area is 113 Å². The fourth-order valence-corrected chi connectivity index (χ4v) is 3.27. The lowest BCUT2D eigenvalue weighted by Gasteiger charge is -2.42. The first kappa shape index (κ1) is 15.9. The number of nitrogens with one attached hydrogen (secondary N) is 1. The van der Waals surface area contributed by atoms with E-state index in [0.29, 0.717) is 5.41 Å². The van der Waals surface area contributed by atoms with Gasteiger partial charge in [-0.3, -0.25) is 0 Å². The minimum Gasteiger partial charge on any atom is -0.385 e. The normalized spacial score (nSPS) is 28.8. The van der Waals surface area contributed by atoms with Crippen LogP contribution in [-0.2, 0) is 4.74 Å². The summed E-state index contributed by atoms with van der Waals surface area (Å²) in [5.41, 5.74) is 0.503. The Morgan fingerprint density at radius 1 is 1.33 bits per heavy atom. The number of methoxy groups -OCH3 is 1. The quantitative estimate of drug-likeness (QED) is 0.675. The van der Waals surface area contributed by atoms with Crippen molar-refractivity contribution >= 4 is 0 Å². The maximum Gasteiger partial charge on any atom is 0.0474 e. The van der Waals surface area contributed by atoms with Gasteiger partial charge in [-0.1, -0.05) is 19.8 Å². The van der Waals surface area contributed by atoms with Crippen LogP contribution >= 0.6 is 0 Å². The van der Waals surface area contributed by atoms with Gasteiger partial charge in [0.05, 0.1) is 0 Å². The average molecular weight is 256 g/mol. The summed E-state index contributed by atoms with van der Waals surface area (Å²) in [6.45, 7) is 6.81. The van der Waals surface area contributed by atoms with Gasteiger partial charge in [0.1, 0.15) is 0 Å². The van der Waals surface area contributed by atoms with E-state index < -0.39 is 0 Å². The van der Waals surface area contributed by atoms with Crippen molar-refractivity contribution < 1.29 is 4.74 Å². The smallest absolute Gasteiger partial charge is 0.0474 e. The van der Waals surface area contributed by atoms with E-state index in [1.807, 2.05) is 0 Å². The highest BCUT2D eigenvalue weighted by molar-refractivity contribution is 4.88. The molecule has 0 unspecified atom stereocenters. The van der Waals surface area contributed by atoms with Crippen molar-refractivity contribution in [2.24, 2.45) is 11.3 Å². The van der Waals surface area contributed by atoms with E-state index in [9.17, 15) is 0 Å². The third kappa shape index (κ3) is 5.25. The van der Waals surface area contributed by atoms with Crippen LogP contribution < -0.4 is 5.32 Å². The second-order valence-corrected chi connectivity index (χ2v) is 6.30. The number of hydrogen-bond acceptors (Lipinski definition) is 3. The fourth-order valence-electron chi connectivity index (χ4n) is 3.27. The molecule has 0 aromatic rings. The summed E-state index contributed by atoms with van der Waals surface area (Å²) in [6, 6.07) is 0. The van der Waals surface area contributed by atoms with Crippen LogP contribution in [0.3, 0.4) is 0 Å². The Balaban J connectivity index is 2.41. The van der Waals surface area contributed by atoms with Crippen molar-refractivity contribution in [3.8, 4) is 0 Å². The van der Waals surface area contributed by atoms with Gasteiger partial charge in [-0.15, -0.1) is 0 Å². The molecule has 0 heterocycles. The van der Waals surface area contributed by atoms with E-state index in [2.05, 4.69) is 31.2 Å². The van der Waals surface area contributed by atoms with Gasteiger partial charge in [-0.05, 0) is 44.7 Å². The highest BCUT2D eigenvalue weighted by Gasteiger charge is 2.34. The molecule has 0 radical (unpaired) electrons. The molecule has 1 fully saturated rings. The summed E-state index contributed by atoms with van der Waals surface area (Å²) in [6.07, 6.45) is 6.69.